The minimum atomic E-state index is -0.508. The van der Waals surface area contributed by atoms with Gasteiger partial charge >= 0.3 is 5.97 Å². The highest BCUT2D eigenvalue weighted by Gasteiger charge is 2.26. The first kappa shape index (κ1) is 15.2. The van der Waals surface area contributed by atoms with Crippen LogP contribution in [0.3, 0.4) is 0 Å². The van der Waals surface area contributed by atoms with Crippen molar-refractivity contribution in [3.05, 3.63) is 33.9 Å². The van der Waals surface area contributed by atoms with E-state index in [-0.39, 0.29) is 11.7 Å². The number of nitrogens with zero attached hydrogens (tertiary/aromatic N) is 2. The van der Waals surface area contributed by atoms with E-state index in [1.54, 1.807) is 7.05 Å². The molecule has 21 heavy (non-hydrogen) atoms. The Labute approximate surface area is 122 Å². The van der Waals surface area contributed by atoms with Crippen molar-refractivity contribution in [3.63, 3.8) is 0 Å². The molecular formula is C14H18N2O5. The van der Waals surface area contributed by atoms with Gasteiger partial charge < -0.3 is 14.4 Å². The van der Waals surface area contributed by atoms with E-state index in [0.29, 0.717) is 24.5 Å². The Balaban J connectivity index is 2.37. The van der Waals surface area contributed by atoms with Gasteiger partial charge in [-0.05, 0) is 25.0 Å². The Morgan fingerprint density at radius 1 is 1.43 bits per heavy atom. The number of benzene rings is 1. The van der Waals surface area contributed by atoms with Gasteiger partial charge in [0, 0.05) is 32.4 Å². The van der Waals surface area contributed by atoms with Crippen LogP contribution in [0.5, 0.6) is 0 Å². The molecule has 2 rings (SSSR count). The summed E-state index contributed by atoms with van der Waals surface area (Å²) in [6.45, 7) is 1.28. The second-order valence-corrected chi connectivity index (χ2v) is 4.91. The zero-order chi connectivity index (χ0) is 15.4. The van der Waals surface area contributed by atoms with Crippen LogP contribution in [0.15, 0.2) is 18.2 Å². The third kappa shape index (κ3) is 3.30. The summed E-state index contributed by atoms with van der Waals surface area (Å²) in [4.78, 5) is 24.2. The Hall–Kier alpha value is -2.15. The lowest BCUT2D eigenvalue weighted by Crippen LogP contribution is -2.37. The van der Waals surface area contributed by atoms with E-state index in [2.05, 4.69) is 4.74 Å². The first-order chi connectivity index (χ1) is 10.0. The summed E-state index contributed by atoms with van der Waals surface area (Å²) in [6.07, 6.45) is 1.60. The maximum Gasteiger partial charge on any atom is 0.337 e. The molecular weight excluding hydrogens is 276 g/mol. The molecule has 0 radical (unpaired) electrons. The third-order valence-corrected chi connectivity index (χ3v) is 3.71. The van der Waals surface area contributed by atoms with Crippen LogP contribution in [-0.2, 0) is 9.47 Å². The summed E-state index contributed by atoms with van der Waals surface area (Å²) in [5.41, 5.74) is 0.712. The Kier molecular flexibility index (Phi) is 4.74. The van der Waals surface area contributed by atoms with Crippen LogP contribution in [0.1, 0.15) is 23.2 Å². The number of esters is 1. The van der Waals surface area contributed by atoms with Crippen LogP contribution in [0.25, 0.3) is 0 Å². The number of hydrogen-bond acceptors (Lipinski definition) is 6. The highest BCUT2D eigenvalue weighted by atomic mass is 16.6. The van der Waals surface area contributed by atoms with Crippen LogP contribution in [0.4, 0.5) is 11.4 Å². The van der Waals surface area contributed by atoms with E-state index in [1.165, 1.54) is 25.3 Å². The van der Waals surface area contributed by atoms with Gasteiger partial charge in [0.25, 0.3) is 5.69 Å². The largest absolute Gasteiger partial charge is 0.465 e. The lowest BCUT2D eigenvalue weighted by atomic mass is 10.1. The van der Waals surface area contributed by atoms with E-state index >= 15 is 0 Å². The van der Waals surface area contributed by atoms with Crippen LogP contribution >= 0.6 is 0 Å². The number of carbonyl (C=O) groups excluding carboxylic acids is 1. The highest BCUT2D eigenvalue weighted by Crippen LogP contribution is 2.31. The van der Waals surface area contributed by atoms with Gasteiger partial charge in [-0.3, -0.25) is 10.1 Å². The number of anilines is 1. The normalized spacial score (nSPS) is 15.5. The first-order valence-electron chi connectivity index (χ1n) is 6.72. The monoisotopic (exact) mass is 294 g/mol. The number of carbonyl (C=O) groups is 1. The molecule has 1 aromatic carbocycles. The van der Waals surface area contributed by atoms with E-state index in [9.17, 15) is 14.9 Å². The van der Waals surface area contributed by atoms with Gasteiger partial charge in [0.2, 0.25) is 0 Å². The zero-order valence-electron chi connectivity index (χ0n) is 12.1. The lowest BCUT2D eigenvalue weighted by Gasteiger charge is -2.32. The van der Waals surface area contributed by atoms with Crippen LogP contribution in [-0.4, -0.2) is 44.3 Å². The average Bonchev–Trinajstić information content (AvgIpc) is 2.53. The summed E-state index contributed by atoms with van der Waals surface area (Å²) in [6, 6.07) is 4.42. The van der Waals surface area contributed by atoms with Crippen LogP contribution in [0.2, 0.25) is 0 Å². The fourth-order valence-electron chi connectivity index (χ4n) is 2.47. The second-order valence-electron chi connectivity index (χ2n) is 4.91. The Morgan fingerprint density at radius 2 is 2.10 bits per heavy atom. The smallest absolute Gasteiger partial charge is 0.337 e. The molecule has 0 N–H and O–H groups in total. The fraction of sp³-hybridized carbons (Fsp3) is 0.500. The number of rotatable bonds is 4. The van der Waals surface area contributed by atoms with Gasteiger partial charge in [-0.15, -0.1) is 0 Å². The predicted octanol–water partition coefficient (Wildman–Crippen LogP) is 2.00. The average molecular weight is 294 g/mol. The molecule has 0 amide bonds. The van der Waals surface area contributed by atoms with Gasteiger partial charge in [-0.25, -0.2) is 4.79 Å². The van der Waals surface area contributed by atoms with Gasteiger partial charge in [-0.2, -0.15) is 0 Å². The lowest BCUT2D eigenvalue weighted by molar-refractivity contribution is -0.384. The SMILES string of the molecule is COC(=O)c1ccc([N+](=O)[O-])c(N(C)C2CCOCC2)c1. The molecule has 0 atom stereocenters. The van der Waals surface area contributed by atoms with Gasteiger partial charge in [0.15, 0.2) is 0 Å². The molecule has 0 aliphatic carbocycles. The number of ether oxygens (including phenoxy) is 2. The molecule has 1 aliphatic rings. The van der Waals surface area contributed by atoms with Crippen molar-refractivity contribution < 1.29 is 19.2 Å². The number of methoxy groups -OCH3 is 1. The van der Waals surface area contributed by atoms with Crippen molar-refractivity contribution in [2.75, 3.05) is 32.3 Å². The van der Waals surface area contributed by atoms with Crippen molar-refractivity contribution in [3.8, 4) is 0 Å². The maximum absolute atomic E-state index is 11.6. The molecule has 7 heteroatoms. The molecule has 0 spiro atoms. The summed E-state index contributed by atoms with van der Waals surface area (Å²) in [7, 11) is 3.09. The molecule has 7 nitrogen and oxygen atoms in total. The van der Waals surface area contributed by atoms with Gasteiger partial charge in [0.1, 0.15) is 5.69 Å². The fourth-order valence-corrected chi connectivity index (χ4v) is 2.47. The van der Waals surface area contributed by atoms with Gasteiger partial charge in [-0.1, -0.05) is 0 Å². The zero-order valence-corrected chi connectivity index (χ0v) is 12.1. The van der Waals surface area contributed by atoms with E-state index in [0.717, 1.165) is 12.8 Å². The van der Waals surface area contributed by atoms with Crippen molar-refractivity contribution in [1.29, 1.82) is 0 Å². The minimum absolute atomic E-state index is 0.0170. The van der Waals surface area contributed by atoms with Crippen molar-refractivity contribution >= 4 is 17.3 Å². The number of hydrogen-bond donors (Lipinski definition) is 0. The third-order valence-electron chi connectivity index (χ3n) is 3.71. The van der Waals surface area contributed by atoms with Crippen molar-refractivity contribution in [1.82, 2.24) is 0 Å². The van der Waals surface area contributed by atoms with Crippen LogP contribution < -0.4 is 4.90 Å². The van der Waals surface area contributed by atoms with Crippen molar-refractivity contribution in [2.24, 2.45) is 0 Å². The minimum Gasteiger partial charge on any atom is -0.465 e. The number of nitro groups is 1. The number of nitro benzene ring substituents is 1. The van der Waals surface area contributed by atoms with E-state index < -0.39 is 10.9 Å². The molecule has 114 valence electrons. The van der Waals surface area contributed by atoms with E-state index in [1.807, 2.05) is 4.90 Å². The molecule has 1 aliphatic heterocycles. The molecule has 0 unspecified atom stereocenters. The highest BCUT2D eigenvalue weighted by molar-refractivity contribution is 5.91. The van der Waals surface area contributed by atoms with Crippen LogP contribution in [0, 0.1) is 10.1 Å². The first-order valence-corrected chi connectivity index (χ1v) is 6.72. The second kappa shape index (κ2) is 6.53. The molecule has 1 saturated heterocycles. The standard InChI is InChI=1S/C14H18N2O5/c1-15(11-5-7-21-8-6-11)13-9-10(14(17)20-2)3-4-12(13)16(18)19/h3-4,9,11H,5-8H2,1-2H3. The molecule has 0 saturated carbocycles. The molecule has 1 heterocycles. The topological polar surface area (TPSA) is 81.9 Å². The van der Waals surface area contributed by atoms with Gasteiger partial charge in [0.05, 0.1) is 17.6 Å². The summed E-state index contributed by atoms with van der Waals surface area (Å²) in [5, 5.41) is 11.2. The quantitative estimate of drug-likeness (QED) is 0.480. The Morgan fingerprint density at radius 3 is 2.67 bits per heavy atom. The summed E-state index contributed by atoms with van der Waals surface area (Å²) >= 11 is 0. The molecule has 1 aromatic rings. The molecule has 1 fully saturated rings. The Bertz CT molecular complexity index is 540. The van der Waals surface area contributed by atoms with Crippen molar-refractivity contribution in [2.45, 2.75) is 18.9 Å². The predicted molar refractivity (Wildman–Crippen MR) is 76.7 cm³/mol. The molecule has 0 aromatic heterocycles. The van der Waals surface area contributed by atoms with E-state index in [4.69, 9.17) is 4.74 Å². The summed E-state index contributed by atoms with van der Waals surface area (Å²) < 4.78 is 9.98. The maximum atomic E-state index is 11.6. The molecule has 0 bridgehead atoms. The summed E-state index contributed by atoms with van der Waals surface area (Å²) in [5.74, 6) is -0.508.